The molecule has 0 saturated carbocycles. The first-order valence-electron chi connectivity index (χ1n) is 6.53. The maximum absolute atomic E-state index is 12.3. The zero-order valence-electron chi connectivity index (χ0n) is 12.3. The molecule has 2 N–H and O–H groups in total. The number of nitrogens with one attached hydrogen (secondary N) is 1. The van der Waals surface area contributed by atoms with Crippen molar-refractivity contribution in [2.75, 3.05) is 6.54 Å². The molecule has 0 radical (unpaired) electrons. The van der Waals surface area contributed by atoms with E-state index in [4.69, 9.17) is 4.42 Å². The number of rotatable bonds is 6. The molecule has 116 valence electrons. The average Bonchev–Trinajstić information content (AvgIpc) is 2.92. The smallest absolute Gasteiger partial charge is 0.244 e. The number of hydrogen-bond acceptors (Lipinski definition) is 5. The van der Waals surface area contributed by atoms with Crippen molar-refractivity contribution in [3.8, 4) is 0 Å². The van der Waals surface area contributed by atoms with Gasteiger partial charge in [-0.15, -0.1) is 0 Å². The molecule has 0 aliphatic carbocycles. The molecule has 0 atom stereocenters. The highest BCUT2D eigenvalue weighted by Gasteiger charge is 2.26. The van der Waals surface area contributed by atoms with Crippen molar-refractivity contribution in [2.24, 2.45) is 7.05 Å². The molecule has 21 heavy (non-hydrogen) atoms. The lowest BCUT2D eigenvalue weighted by Gasteiger charge is -2.06. The Morgan fingerprint density at radius 1 is 1.38 bits per heavy atom. The number of aromatic nitrogens is 2. The van der Waals surface area contributed by atoms with E-state index in [1.807, 2.05) is 6.07 Å². The van der Waals surface area contributed by atoms with E-state index >= 15 is 0 Å². The molecule has 2 aromatic rings. The average molecular weight is 313 g/mol. The third-order valence-corrected chi connectivity index (χ3v) is 4.85. The summed E-state index contributed by atoms with van der Waals surface area (Å²) in [6, 6.07) is 1.83. The molecule has 0 aliphatic heterocycles. The predicted molar refractivity (Wildman–Crippen MR) is 76.2 cm³/mol. The summed E-state index contributed by atoms with van der Waals surface area (Å²) in [5.74, 6) is 0.696. The highest BCUT2D eigenvalue weighted by Crippen LogP contribution is 2.26. The zero-order valence-corrected chi connectivity index (χ0v) is 13.1. The fourth-order valence-corrected chi connectivity index (χ4v) is 3.69. The van der Waals surface area contributed by atoms with Crippen LogP contribution in [0.5, 0.6) is 0 Å². The van der Waals surface area contributed by atoms with Crippen LogP contribution in [-0.2, 0) is 30.1 Å². The van der Waals surface area contributed by atoms with Gasteiger partial charge in [0.1, 0.15) is 16.4 Å². The maximum atomic E-state index is 12.3. The predicted octanol–water partition coefficient (Wildman–Crippen LogP) is 0.643. The molecule has 0 aromatic carbocycles. The summed E-state index contributed by atoms with van der Waals surface area (Å²) in [6.45, 7) is 3.05. The lowest BCUT2D eigenvalue weighted by atomic mass is 10.2. The van der Waals surface area contributed by atoms with Gasteiger partial charge in [-0.1, -0.05) is 0 Å². The molecule has 0 amide bonds. The third-order valence-electron chi connectivity index (χ3n) is 3.19. The van der Waals surface area contributed by atoms with Crippen LogP contribution in [-0.4, -0.2) is 29.8 Å². The fourth-order valence-electron chi connectivity index (χ4n) is 2.23. The van der Waals surface area contributed by atoms with E-state index in [2.05, 4.69) is 9.82 Å². The summed E-state index contributed by atoms with van der Waals surface area (Å²) in [5.41, 5.74) is 1.11. The highest BCUT2D eigenvalue weighted by atomic mass is 32.2. The summed E-state index contributed by atoms with van der Waals surface area (Å²) >= 11 is 0. The fraction of sp³-hybridized carbons (Fsp3) is 0.462. The second kappa shape index (κ2) is 6.00. The summed E-state index contributed by atoms with van der Waals surface area (Å²) < 4.78 is 34.1. The molecule has 0 fully saturated rings. The van der Waals surface area contributed by atoms with E-state index in [1.54, 1.807) is 31.8 Å². The summed E-state index contributed by atoms with van der Waals surface area (Å²) in [5, 5.41) is 13.5. The lowest BCUT2D eigenvalue weighted by Crippen LogP contribution is -2.27. The molecular formula is C13H19N3O4S. The van der Waals surface area contributed by atoms with Crippen LogP contribution in [0.4, 0.5) is 0 Å². The van der Waals surface area contributed by atoms with Crippen molar-refractivity contribution >= 4 is 10.0 Å². The number of aliphatic hydroxyl groups excluding tert-OH is 1. The minimum absolute atomic E-state index is 0.0310. The lowest BCUT2D eigenvalue weighted by molar-refractivity contribution is 0.276. The number of furan rings is 1. The first kappa shape index (κ1) is 15.7. The maximum Gasteiger partial charge on any atom is 0.244 e. The van der Waals surface area contributed by atoms with E-state index in [-0.39, 0.29) is 23.8 Å². The molecule has 0 saturated heterocycles. The largest absolute Gasteiger partial charge is 0.465 e. The van der Waals surface area contributed by atoms with Crippen molar-refractivity contribution in [1.82, 2.24) is 14.5 Å². The van der Waals surface area contributed by atoms with Gasteiger partial charge in [0.05, 0.1) is 12.3 Å². The molecule has 7 nitrogen and oxygen atoms in total. The summed E-state index contributed by atoms with van der Waals surface area (Å²) in [7, 11) is -1.91. The number of aliphatic hydroxyl groups is 1. The molecule has 2 rings (SSSR count). The van der Waals surface area contributed by atoms with Gasteiger partial charge in [0, 0.05) is 31.8 Å². The van der Waals surface area contributed by atoms with Gasteiger partial charge in [0.15, 0.2) is 0 Å². The minimum atomic E-state index is -3.71. The Morgan fingerprint density at radius 3 is 2.67 bits per heavy atom. The molecule has 0 bridgehead atoms. The monoisotopic (exact) mass is 313 g/mol. The molecule has 2 aromatic heterocycles. The van der Waals surface area contributed by atoms with Gasteiger partial charge in [-0.2, -0.15) is 5.10 Å². The Kier molecular flexibility index (Phi) is 4.50. The van der Waals surface area contributed by atoms with Gasteiger partial charge < -0.3 is 9.52 Å². The van der Waals surface area contributed by atoms with Crippen LogP contribution in [0.25, 0.3) is 0 Å². The number of aryl methyl sites for hydroxylation is 3. The van der Waals surface area contributed by atoms with Crippen molar-refractivity contribution in [1.29, 1.82) is 0 Å². The summed E-state index contributed by atoms with van der Waals surface area (Å²) in [4.78, 5) is 0.0310. The Morgan fingerprint density at radius 2 is 2.10 bits per heavy atom. The van der Waals surface area contributed by atoms with Crippen LogP contribution in [0.1, 0.15) is 22.8 Å². The molecular weight excluding hydrogens is 294 g/mol. The molecule has 8 heteroatoms. The van der Waals surface area contributed by atoms with E-state index in [9.17, 15) is 13.5 Å². The Labute approximate surface area is 123 Å². The molecule has 0 aliphatic rings. The second-order valence-corrected chi connectivity index (χ2v) is 6.51. The van der Waals surface area contributed by atoms with Gasteiger partial charge >= 0.3 is 0 Å². The van der Waals surface area contributed by atoms with Crippen LogP contribution >= 0.6 is 0 Å². The van der Waals surface area contributed by atoms with Crippen molar-refractivity contribution in [3.63, 3.8) is 0 Å². The van der Waals surface area contributed by atoms with Crippen LogP contribution < -0.4 is 4.72 Å². The van der Waals surface area contributed by atoms with Crippen LogP contribution in [0.15, 0.2) is 21.6 Å². The second-order valence-electron chi connectivity index (χ2n) is 4.81. The van der Waals surface area contributed by atoms with Gasteiger partial charge in [0.2, 0.25) is 10.0 Å². The van der Waals surface area contributed by atoms with Crippen LogP contribution in [0.3, 0.4) is 0 Å². The quantitative estimate of drug-likeness (QED) is 0.816. The third kappa shape index (κ3) is 3.34. The Hall–Kier alpha value is -1.64. The van der Waals surface area contributed by atoms with E-state index in [0.29, 0.717) is 17.7 Å². The first-order chi connectivity index (χ1) is 9.85. The van der Waals surface area contributed by atoms with E-state index in [0.717, 1.165) is 5.69 Å². The first-order valence-corrected chi connectivity index (χ1v) is 8.01. The number of sulfonamides is 1. The van der Waals surface area contributed by atoms with Gasteiger partial charge in [-0.05, 0) is 19.9 Å². The van der Waals surface area contributed by atoms with E-state index < -0.39 is 10.0 Å². The number of hydrogen-bond donors (Lipinski definition) is 2. The van der Waals surface area contributed by atoms with E-state index in [1.165, 1.54) is 0 Å². The van der Waals surface area contributed by atoms with Gasteiger partial charge in [-0.25, -0.2) is 13.1 Å². The Bertz CT molecular complexity index is 731. The highest BCUT2D eigenvalue weighted by molar-refractivity contribution is 7.89. The molecule has 2 heterocycles. The van der Waals surface area contributed by atoms with Crippen molar-refractivity contribution in [3.05, 3.63) is 35.0 Å². The van der Waals surface area contributed by atoms with Crippen LogP contribution in [0, 0.1) is 13.8 Å². The van der Waals surface area contributed by atoms with Gasteiger partial charge in [-0.3, -0.25) is 4.68 Å². The van der Waals surface area contributed by atoms with Crippen molar-refractivity contribution < 1.29 is 17.9 Å². The Balaban J connectivity index is 2.12. The number of nitrogens with zero attached hydrogens (tertiary/aromatic N) is 2. The van der Waals surface area contributed by atoms with Crippen LogP contribution in [0.2, 0.25) is 0 Å². The molecule has 0 unspecified atom stereocenters. The summed E-state index contributed by atoms with van der Waals surface area (Å²) in [6.07, 6.45) is 2.29. The van der Waals surface area contributed by atoms with Crippen molar-refractivity contribution in [2.45, 2.75) is 31.8 Å². The minimum Gasteiger partial charge on any atom is -0.465 e. The zero-order chi connectivity index (χ0) is 15.6. The topological polar surface area (TPSA) is 97.4 Å². The standard InChI is InChI=1S/C13H19N3O4S/c1-9-12(8-17)13(10(2)20-9)21(18,19)14-6-4-11-5-7-16(3)15-11/h5,7,14,17H,4,6,8H2,1-3H3. The SMILES string of the molecule is Cc1oc(C)c(S(=O)(=O)NCCc2ccn(C)n2)c1CO. The molecule has 0 spiro atoms. The normalized spacial score (nSPS) is 12.0. The van der Waals surface area contributed by atoms with Gasteiger partial charge in [0.25, 0.3) is 0 Å².